The number of likely N-dealkylation sites (tertiary alicyclic amines) is 1. The monoisotopic (exact) mass is 341 g/mol. The van der Waals surface area contributed by atoms with Crippen molar-refractivity contribution in [2.75, 3.05) is 26.8 Å². The van der Waals surface area contributed by atoms with Crippen molar-refractivity contribution < 1.29 is 13.9 Å². The number of benzene rings is 2. The van der Waals surface area contributed by atoms with Crippen molar-refractivity contribution >= 4 is 5.91 Å². The van der Waals surface area contributed by atoms with Crippen molar-refractivity contribution in [1.82, 2.24) is 4.90 Å². The Kier molecular flexibility index (Phi) is 5.49. The molecule has 132 valence electrons. The van der Waals surface area contributed by atoms with Crippen molar-refractivity contribution in [2.24, 2.45) is 5.92 Å². The number of rotatable bonds is 4. The van der Waals surface area contributed by atoms with Gasteiger partial charge >= 0.3 is 0 Å². The van der Waals surface area contributed by atoms with Crippen LogP contribution >= 0.6 is 0 Å². The van der Waals surface area contributed by atoms with E-state index in [1.54, 1.807) is 25.3 Å². The fraction of sp³-hybridized carbons (Fsp3) is 0.381. The third-order valence-electron chi connectivity index (χ3n) is 4.75. The van der Waals surface area contributed by atoms with Crippen LogP contribution in [-0.4, -0.2) is 37.6 Å². The van der Waals surface area contributed by atoms with Crippen molar-refractivity contribution in [3.8, 4) is 11.1 Å². The molecular formula is C21H24FNO2. The van der Waals surface area contributed by atoms with E-state index in [1.807, 2.05) is 30.0 Å². The Balaban J connectivity index is 1.82. The van der Waals surface area contributed by atoms with E-state index in [-0.39, 0.29) is 11.7 Å². The lowest BCUT2D eigenvalue weighted by atomic mass is 9.97. The van der Waals surface area contributed by atoms with Crippen molar-refractivity contribution in [2.45, 2.75) is 19.8 Å². The highest BCUT2D eigenvalue weighted by atomic mass is 19.1. The summed E-state index contributed by atoms with van der Waals surface area (Å²) in [6.45, 7) is 4.02. The summed E-state index contributed by atoms with van der Waals surface area (Å²) >= 11 is 0. The maximum Gasteiger partial charge on any atom is 0.253 e. The van der Waals surface area contributed by atoms with Gasteiger partial charge in [0.25, 0.3) is 5.91 Å². The highest BCUT2D eigenvalue weighted by Crippen LogP contribution is 2.26. The number of carbonyl (C=O) groups is 1. The average molecular weight is 341 g/mol. The number of methoxy groups -OCH3 is 1. The number of ether oxygens (including phenoxy) is 1. The summed E-state index contributed by atoms with van der Waals surface area (Å²) in [6, 6.07) is 12.4. The summed E-state index contributed by atoms with van der Waals surface area (Å²) < 4.78 is 19.5. The van der Waals surface area contributed by atoms with Gasteiger partial charge in [-0.05, 0) is 55.0 Å². The molecule has 0 radical (unpaired) electrons. The van der Waals surface area contributed by atoms with Gasteiger partial charge in [-0.3, -0.25) is 4.79 Å². The zero-order valence-corrected chi connectivity index (χ0v) is 14.8. The molecule has 3 rings (SSSR count). The molecule has 1 fully saturated rings. The largest absolute Gasteiger partial charge is 0.384 e. The predicted molar refractivity (Wildman–Crippen MR) is 97.1 cm³/mol. The molecule has 0 N–H and O–H groups in total. The van der Waals surface area contributed by atoms with Gasteiger partial charge < -0.3 is 9.64 Å². The molecule has 1 amide bonds. The smallest absolute Gasteiger partial charge is 0.253 e. The van der Waals surface area contributed by atoms with Gasteiger partial charge in [0.05, 0.1) is 6.61 Å². The lowest BCUT2D eigenvalue weighted by molar-refractivity contribution is 0.0571. The lowest BCUT2D eigenvalue weighted by Gasteiger charge is -2.32. The Morgan fingerprint density at radius 2 is 2.12 bits per heavy atom. The predicted octanol–water partition coefficient (Wildman–Crippen LogP) is 4.30. The Hall–Kier alpha value is -2.20. The summed E-state index contributed by atoms with van der Waals surface area (Å²) in [7, 11) is 1.69. The van der Waals surface area contributed by atoms with Crippen molar-refractivity contribution in [3.05, 3.63) is 59.4 Å². The molecule has 3 nitrogen and oxygen atoms in total. The molecule has 1 heterocycles. The molecule has 0 aliphatic carbocycles. The number of amides is 1. The summed E-state index contributed by atoms with van der Waals surface area (Å²) in [5.41, 5.74) is 2.74. The first kappa shape index (κ1) is 17.6. The van der Waals surface area contributed by atoms with Gasteiger partial charge in [0.1, 0.15) is 5.82 Å². The highest BCUT2D eigenvalue weighted by molar-refractivity contribution is 5.95. The van der Waals surface area contributed by atoms with E-state index < -0.39 is 0 Å². The zero-order chi connectivity index (χ0) is 17.8. The third-order valence-corrected chi connectivity index (χ3v) is 4.75. The fourth-order valence-electron chi connectivity index (χ4n) is 3.48. The van der Waals surface area contributed by atoms with E-state index in [1.165, 1.54) is 6.07 Å². The van der Waals surface area contributed by atoms with Gasteiger partial charge in [-0.1, -0.05) is 24.3 Å². The standard InChI is InChI=1S/C21H24FNO2/c1-15-8-9-19(20(22)11-15)17-6-3-7-18(12-17)21(24)23-10-4-5-16(13-23)14-25-2/h3,6-9,11-12,16H,4-5,10,13-14H2,1-2H3. The number of aryl methyl sites for hydroxylation is 1. The summed E-state index contributed by atoms with van der Waals surface area (Å²) in [4.78, 5) is 14.8. The number of halogens is 1. The Morgan fingerprint density at radius 3 is 2.88 bits per heavy atom. The van der Waals surface area contributed by atoms with Crippen LogP contribution in [-0.2, 0) is 4.74 Å². The van der Waals surface area contributed by atoms with Crippen molar-refractivity contribution in [3.63, 3.8) is 0 Å². The first-order valence-electron chi connectivity index (χ1n) is 8.73. The Labute approximate surface area is 148 Å². The minimum atomic E-state index is -0.261. The molecule has 2 aromatic carbocycles. The zero-order valence-electron chi connectivity index (χ0n) is 14.8. The van der Waals surface area contributed by atoms with E-state index in [0.29, 0.717) is 23.7 Å². The number of carbonyl (C=O) groups excluding carboxylic acids is 1. The normalized spacial score (nSPS) is 17.6. The van der Waals surface area contributed by atoms with E-state index >= 15 is 0 Å². The second-order valence-corrected chi connectivity index (χ2v) is 6.78. The molecule has 0 spiro atoms. The van der Waals surface area contributed by atoms with Gasteiger partial charge in [-0.2, -0.15) is 0 Å². The molecule has 0 bridgehead atoms. The van der Waals surface area contributed by atoms with Crippen LogP contribution in [0.1, 0.15) is 28.8 Å². The SMILES string of the molecule is COCC1CCCN(C(=O)c2cccc(-c3ccc(C)cc3F)c2)C1. The second-order valence-electron chi connectivity index (χ2n) is 6.78. The topological polar surface area (TPSA) is 29.5 Å². The molecular weight excluding hydrogens is 317 g/mol. The van der Waals surface area contributed by atoms with Gasteiger partial charge in [0, 0.05) is 31.3 Å². The van der Waals surface area contributed by atoms with Crippen LogP contribution in [0.2, 0.25) is 0 Å². The van der Waals surface area contributed by atoms with Crippen LogP contribution in [0.15, 0.2) is 42.5 Å². The van der Waals surface area contributed by atoms with Crippen LogP contribution in [0.5, 0.6) is 0 Å². The van der Waals surface area contributed by atoms with Crippen molar-refractivity contribution in [1.29, 1.82) is 0 Å². The maximum atomic E-state index is 14.3. The molecule has 1 saturated heterocycles. The van der Waals surface area contributed by atoms with Crippen LogP contribution in [0, 0.1) is 18.7 Å². The van der Waals surface area contributed by atoms with Gasteiger partial charge in [-0.25, -0.2) is 4.39 Å². The first-order chi connectivity index (χ1) is 12.1. The minimum absolute atomic E-state index is 0.00942. The fourth-order valence-corrected chi connectivity index (χ4v) is 3.48. The molecule has 1 aliphatic heterocycles. The van der Waals surface area contributed by atoms with E-state index in [0.717, 1.165) is 37.1 Å². The van der Waals surface area contributed by atoms with E-state index in [2.05, 4.69) is 0 Å². The highest BCUT2D eigenvalue weighted by Gasteiger charge is 2.24. The minimum Gasteiger partial charge on any atom is -0.384 e. The van der Waals surface area contributed by atoms with Crippen LogP contribution in [0.4, 0.5) is 4.39 Å². The quantitative estimate of drug-likeness (QED) is 0.830. The van der Waals surface area contributed by atoms with Gasteiger partial charge in [0.2, 0.25) is 0 Å². The molecule has 1 atom stereocenters. The molecule has 1 unspecified atom stereocenters. The van der Waals surface area contributed by atoms with Gasteiger partial charge in [0.15, 0.2) is 0 Å². The lowest BCUT2D eigenvalue weighted by Crippen LogP contribution is -2.41. The molecule has 4 heteroatoms. The number of nitrogens with zero attached hydrogens (tertiary/aromatic N) is 1. The second kappa shape index (κ2) is 7.79. The number of piperidine rings is 1. The summed E-state index contributed by atoms with van der Waals surface area (Å²) in [6.07, 6.45) is 2.08. The van der Waals surface area contributed by atoms with E-state index in [4.69, 9.17) is 4.74 Å². The molecule has 2 aromatic rings. The Morgan fingerprint density at radius 1 is 1.28 bits per heavy atom. The molecule has 0 saturated carbocycles. The maximum absolute atomic E-state index is 14.3. The summed E-state index contributed by atoms with van der Waals surface area (Å²) in [5, 5.41) is 0. The molecule has 25 heavy (non-hydrogen) atoms. The van der Waals surface area contributed by atoms with Crippen LogP contribution in [0.25, 0.3) is 11.1 Å². The third kappa shape index (κ3) is 4.07. The summed E-state index contributed by atoms with van der Waals surface area (Å²) in [5.74, 6) is 0.137. The number of hydrogen-bond acceptors (Lipinski definition) is 2. The van der Waals surface area contributed by atoms with Crippen LogP contribution in [0.3, 0.4) is 0 Å². The number of hydrogen-bond donors (Lipinski definition) is 0. The van der Waals surface area contributed by atoms with Gasteiger partial charge in [-0.15, -0.1) is 0 Å². The first-order valence-corrected chi connectivity index (χ1v) is 8.73. The molecule has 1 aliphatic rings. The van der Waals surface area contributed by atoms with Crippen LogP contribution < -0.4 is 0 Å². The van der Waals surface area contributed by atoms with E-state index in [9.17, 15) is 9.18 Å². The Bertz CT molecular complexity index is 757. The average Bonchev–Trinajstić information content (AvgIpc) is 2.62. The molecule has 0 aromatic heterocycles.